The van der Waals surface area contributed by atoms with Gasteiger partial charge in [-0.25, -0.2) is 9.78 Å². The summed E-state index contributed by atoms with van der Waals surface area (Å²) in [5.41, 5.74) is 0.591. The van der Waals surface area contributed by atoms with Gasteiger partial charge in [-0.1, -0.05) is 11.6 Å². The first-order chi connectivity index (χ1) is 10.0. The van der Waals surface area contributed by atoms with E-state index in [1.807, 2.05) is 6.92 Å². The molecule has 1 amide bonds. The molecule has 2 heterocycles. The Morgan fingerprint density at radius 1 is 1.43 bits per heavy atom. The Morgan fingerprint density at radius 2 is 2.19 bits per heavy atom. The highest BCUT2D eigenvalue weighted by Crippen LogP contribution is 2.29. The Bertz CT molecular complexity index is 685. The quantitative estimate of drug-likeness (QED) is 0.690. The molecule has 21 heavy (non-hydrogen) atoms. The molecule has 0 saturated carbocycles. The van der Waals surface area contributed by atoms with E-state index in [1.54, 1.807) is 25.1 Å². The zero-order chi connectivity index (χ0) is 15.4. The van der Waals surface area contributed by atoms with Crippen LogP contribution in [0.2, 0.25) is 5.15 Å². The number of rotatable bonds is 4. The molecule has 2 rings (SSSR count). The number of halogens is 1. The van der Waals surface area contributed by atoms with Crippen LogP contribution in [0.15, 0.2) is 24.4 Å². The zero-order valence-corrected chi connectivity index (χ0v) is 13.0. The molecule has 2 aromatic rings. The molecule has 0 saturated heterocycles. The average Bonchev–Trinajstić information content (AvgIpc) is 2.80. The van der Waals surface area contributed by atoms with E-state index in [2.05, 4.69) is 10.3 Å². The molecule has 0 aromatic carbocycles. The van der Waals surface area contributed by atoms with Crippen LogP contribution >= 0.6 is 22.9 Å². The van der Waals surface area contributed by atoms with Crippen molar-refractivity contribution in [2.45, 2.75) is 13.8 Å². The largest absolute Gasteiger partial charge is 0.462 e. The summed E-state index contributed by atoms with van der Waals surface area (Å²) >= 11 is 7.18. The minimum atomic E-state index is -0.463. The average molecular weight is 325 g/mol. The first-order valence-corrected chi connectivity index (χ1v) is 7.41. The number of aromatic nitrogens is 1. The molecule has 1 N–H and O–H groups in total. The Hall–Kier alpha value is -1.92. The van der Waals surface area contributed by atoms with Crippen LogP contribution in [0, 0.1) is 6.92 Å². The number of thiophene rings is 1. The molecule has 0 aliphatic carbocycles. The molecule has 7 heteroatoms. The van der Waals surface area contributed by atoms with Crippen LogP contribution in [0.3, 0.4) is 0 Å². The summed E-state index contributed by atoms with van der Waals surface area (Å²) in [5, 5.41) is 3.23. The van der Waals surface area contributed by atoms with Crippen molar-refractivity contribution >= 4 is 39.8 Å². The van der Waals surface area contributed by atoms with Crippen molar-refractivity contribution in [1.29, 1.82) is 0 Å². The number of anilines is 1. The van der Waals surface area contributed by atoms with Gasteiger partial charge in [0.1, 0.15) is 10.2 Å². The Morgan fingerprint density at radius 3 is 2.86 bits per heavy atom. The highest BCUT2D eigenvalue weighted by atomic mass is 35.5. The number of nitrogens with one attached hydrogen (secondary N) is 1. The number of carbonyl (C=O) groups is 2. The molecule has 0 atom stereocenters. The van der Waals surface area contributed by atoms with Crippen LogP contribution < -0.4 is 5.32 Å². The van der Waals surface area contributed by atoms with E-state index in [9.17, 15) is 9.59 Å². The molecule has 0 radical (unpaired) electrons. The van der Waals surface area contributed by atoms with Gasteiger partial charge in [0.2, 0.25) is 0 Å². The first-order valence-electron chi connectivity index (χ1n) is 6.22. The van der Waals surface area contributed by atoms with Gasteiger partial charge in [-0.15, -0.1) is 11.3 Å². The van der Waals surface area contributed by atoms with E-state index in [4.69, 9.17) is 16.3 Å². The molecule has 0 bridgehead atoms. The van der Waals surface area contributed by atoms with Gasteiger partial charge in [0, 0.05) is 11.1 Å². The number of amides is 1. The standard InChI is InChI=1S/C14H13ClN2O3S/c1-3-20-14(19)10-7-8(2)21-13(10)17-12(18)9-5-4-6-16-11(9)15/h4-7H,3H2,1-2H3,(H,17,18). The van der Waals surface area contributed by atoms with Crippen molar-refractivity contribution in [3.8, 4) is 0 Å². The lowest BCUT2D eigenvalue weighted by atomic mass is 10.2. The maximum Gasteiger partial charge on any atom is 0.341 e. The molecular weight excluding hydrogens is 312 g/mol. The van der Waals surface area contributed by atoms with E-state index in [-0.39, 0.29) is 17.3 Å². The van der Waals surface area contributed by atoms with Gasteiger partial charge in [-0.05, 0) is 32.0 Å². The molecule has 0 aliphatic heterocycles. The number of aryl methyl sites for hydroxylation is 1. The SMILES string of the molecule is CCOC(=O)c1cc(C)sc1NC(=O)c1cccnc1Cl. The Labute approximate surface area is 130 Å². The number of pyridine rings is 1. The van der Waals surface area contributed by atoms with Crippen molar-refractivity contribution in [3.63, 3.8) is 0 Å². The van der Waals surface area contributed by atoms with Crippen molar-refractivity contribution in [2.75, 3.05) is 11.9 Å². The topological polar surface area (TPSA) is 68.3 Å². The molecule has 110 valence electrons. The number of hydrogen-bond donors (Lipinski definition) is 1. The Kier molecular flexibility index (Phi) is 4.93. The molecule has 0 spiro atoms. The van der Waals surface area contributed by atoms with Gasteiger partial charge in [-0.2, -0.15) is 0 Å². The van der Waals surface area contributed by atoms with Crippen molar-refractivity contribution in [2.24, 2.45) is 0 Å². The van der Waals surface area contributed by atoms with Gasteiger partial charge in [0.25, 0.3) is 5.91 Å². The number of ether oxygens (including phenoxy) is 1. The molecule has 0 fully saturated rings. The van der Waals surface area contributed by atoms with Crippen molar-refractivity contribution < 1.29 is 14.3 Å². The summed E-state index contributed by atoms with van der Waals surface area (Å²) in [6.07, 6.45) is 1.50. The number of nitrogens with zero attached hydrogens (tertiary/aromatic N) is 1. The van der Waals surface area contributed by atoms with Crippen LogP contribution in [-0.4, -0.2) is 23.5 Å². The predicted molar refractivity (Wildman–Crippen MR) is 82.2 cm³/mol. The van der Waals surface area contributed by atoms with Crippen LogP contribution in [0.5, 0.6) is 0 Å². The van der Waals surface area contributed by atoms with Crippen molar-refractivity contribution in [3.05, 3.63) is 45.6 Å². The summed E-state index contributed by atoms with van der Waals surface area (Å²) < 4.78 is 4.97. The lowest BCUT2D eigenvalue weighted by Crippen LogP contribution is -2.15. The number of hydrogen-bond acceptors (Lipinski definition) is 5. The van der Waals surface area contributed by atoms with Crippen LogP contribution in [0.4, 0.5) is 5.00 Å². The maximum atomic E-state index is 12.2. The third-order valence-electron chi connectivity index (χ3n) is 2.58. The first kappa shape index (κ1) is 15.5. The predicted octanol–water partition coefficient (Wildman–Crippen LogP) is 3.53. The van der Waals surface area contributed by atoms with E-state index in [1.165, 1.54) is 17.5 Å². The van der Waals surface area contributed by atoms with Gasteiger partial charge in [-0.3, -0.25) is 4.79 Å². The van der Waals surface area contributed by atoms with Crippen LogP contribution in [0.1, 0.15) is 32.5 Å². The highest BCUT2D eigenvalue weighted by Gasteiger charge is 2.19. The fourth-order valence-electron chi connectivity index (χ4n) is 1.69. The summed E-state index contributed by atoms with van der Waals surface area (Å²) in [4.78, 5) is 28.8. The summed E-state index contributed by atoms with van der Waals surface area (Å²) in [5.74, 6) is -0.880. The molecule has 0 aliphatic rings. The van der Waals surface area contributed by atoms with E-state index < -0.39 is 11.9 Å². The summed E-state index contributed by atoms with van der Waals surface area (Å²) in [6, 6.07) is 4.87. The highest BCUT2D eigenvalue weighted by molar-refractivity contribution is 7.16. The number of carbonyl (C=O) groups excluding carboxylic acids is 2. The summed E-state index contributed by atoms with van der Waals surface area (Å²) in [6.45, 7) is 3.85. The lowest BCUT2D eigenvalue weighted by Gasteiger charge is -2.06. The second-order valence-electron chi connectivity index (χ2n) is 4.12. The smallest absolute Gasteiger partial charge is 0.341 e. The van der Waals surface area contributed by atoms with Gasteiger partial charge in [0.15, 0.2) is 0 Å². The lowest BCUT2D eigenvalue weighted by molar-refractivity contribution is 0.0528. The van der Waals surface area contributed by atoms with E-state index in [0.29, 0.717) is 10.6 Å². The second kappa shape index (κ2) is 6.69. The van der Waals surface area contributed by atoms with Gasteiger partial charge >= 0.3 is 5.97 Å². The van der Waals surface area contributed by atoms with Crippen LogP contribution in [-0.2, 0) is 4.74 Å². The van der Waals surface area contributed by atoms with Crippen LogP contribution in [0.25, 0.3) is 0 Å². The zero-order valence-electron chi connectivity index (χ0n) is 11.5. The maximum absolute atomic E-state index is 12.2. The minimum absolute atomic E-state index is 0.112. The Balaban J connectivity index is 2.26. The van der Waals surface area contributed by atoms with E-state index in [0.717, 1.165) is 4.88 Å². The van der Waals surface area contributed by atoms with Crippen molar-refractivity contribution in [1.82, 2.24) is 4.98 Å². The fraction of sp³-hybridized carbons (Fsp3) is 0.214. The van der Waals surface area contributed by atoms with Gasteiger partial charge < -0.3 is 10.1 Å². The fourth-order valence-corrected chi connectivity index (χ4v) is 2.79. The van der Waals surface area contributed by atoms with Gasteiger partial charge in [0.05, 0.1) is 17.7 Å². The normalized spacial score (nSPS) is 10.2. The molecule has 2 aromatic heterocycles. The van der Waals surface area contributed by atoms with E-state index >= 15 is 0 Å². The minimum Gasteiger partial charge on any atom is -0.462 e. The number of esters is 1. The molecule has 0 unspecified atom stereocenters. The third-order valence-corrected chi connectivity index (χ3v) is 3.85. The molecular formula is C14H13ClN2O3S. The molecule has 5 nitrogen and oxygen atoms in total. The summed E-state index contributed by atoms with van der Waals surface area (Å²) in [7, 11) is 0. The second-order valence-corrected chi connectivity index (χ2v) is 5.73. The monoisotopic (exact) mass is 324 g/mol. The third kappa shape index (κ3) is 3.59.